The number of nitrogens with zero attached hydrogens (tertiary/aromatic N) is 1. The molecular formula is C27H36N2O5S2Si. The van der Waals surface area contributed by atoms with Crippen LogP contribution in [0.5, 0.6) is 0 Å². The molecule has 1 atom stereocenters. The minimum Gasteiger partial charge on any atom is -0.518 e. The summed E-state index contributed by atoms with van der Waals surface area (Å²) in [6, 6.07) is 13.0. The zero-order valence-electron chi connectivity index (χ0n) is 22.5. The van der Waals surface area contributed by atoms with E-state index in [0.717, 1.165) is 5.56 Å². The molecule has 0 amide bonds. The molecular weight excluding hydrogens is 525 g/mol. The van der Waals surface area contributed by atoms with Crippen LogP contribution in [-0.2, 0) is 19.2 Å². The number of thioether (sulfide) groups is 1. The van der Waals surface area contributed by atoms with Gasteiger partial charge in [0.15, 0.2) is 0 Å². The molecule has 10 heteroatoms. The highest BCUT2D eigenvalue weighted by atomic mass is 32.2. The summed E-state index contributed by atoms with van der Waals surface area (Å²) in [6.45, 7) is 14.2. The fourth-order valence-corrected chi connectivity index (χ4v) is 8.23. The largest absolute Gasteiger partial charge is 0.518 e. The van der Waals surface area contributed by atoms with Gasteiger partial charge in [0.1, 0.15) is 17.4 Å². The van der Waals surface area contributed by atoms with Gasteiger partial charge in [0.2, 0.25) is 10.0 Å². The first kappa shape index (κ1) is 27.8. The van der Waals surface area contributed by atoms with Gasteiger partial charge in [-0.15, -0.1) is 0 Å². The molecule has 200 valence electrons. The Morgan fingerprint density at radius 3 is 2.41 bits per heavy atom. The second kappa shape index (κ2) is 9.48. The van der Waals surface area contributed by atoms with Crippen molar-refractivity contribution in [2.24, 2.45) is 0 Å². The minimum absolute atomic E-state index is 0.123. The third kappa shape index (κ3) is 5.34. The molecule has 1 aromatic heterocycles. The van der Waals surface area contributed by atoms with Crippen molar-refractivity contribution in [3.63, 3.8) is 0 Å². The summed E-state index contributed by atoms with van der Waals surface area (Å²) >= 11 is 1.59. The summed E-state index contributed by atoms with van der Waals surface area (Å²) in [7, 11) is -6.45. The van der Waals surface area contributed by atoms with E-state index in [-0.39, 0.29) is 16.5 Å². The number of nitrogens with two attached hydrogens (primary N) is 1. The molecule has 7 nitrogen and oxygen atoms in total. The van der Waals surface area contributed by atoms with Crippen LogP contribution in [0.3, 0.4) is 0 Å². The van der Waals surface area contributed by atoms with Crippen molar-refractivity contribution >= 4 is 52.7 Å². The molecule has 37 heavy (non-hydrogen) atoms. The lowest BCUT2D eigenvalue weighted by Gasteiger charge is -2.45. The lowest BCUT2D eigenvalue weighted by Crippen LogP contribution is -2.60. The first-order valence-corrected chi connectivity index (χ1v) is 17.6. The van der Waals surface area contributed by atoms with E-state index >= 15 is 0 Å². The van der Waals surface area contributed by atoms with Crippen molar-refractivity contribution in [1.82, 2.24) is 4.31 Å². The van der Waals surface area contributed by atoms with Gasteiger partial charge in [0.05, 0.1) is 4.90 Å². The average molecular weight is 561 g/mol. The van der Waals surface area contributed by atoms with Crippen LogP contribution in [0.4, 0.5) is 5.69 Å². The maximum atomic E-state index is 14.0. The van der Waals surface area contributed by atoms with E-state index in [1.54, 1.807) is 42.1 Å². The van der Waals surface area contributed by atoms with Crippen LogP contribution in [0, 0.1) is 0 Å². The Kier molecular flexibility index (Phi) is 7.11. The molecule has 2 aromatic carbocycles. The van der Waals surface area contributed by atoms with Crippen LogP contribution in [0.2, 0.25) is 18.1 Å². The van der Waals surface area contributed by atoms with Crippen LogP contribution in [0.15, 0.2) is 57.8 Å². The van der Waals surface area contributed by atoms with Gasteiger partial charge in [-0.2, -0.15) is 16.1 Å². The molecule has 0 saturated carbocycles. The van der Waals surface area contributed by atoms with Gasteiger partial charge in [-0.3, -0.25) is 4.79 Å². The number of anilines is 1. The maximum absolute atomic E-state index is 14.0. The second-order valence-electron chi connectivity index (χ2n) is 11.6. The number of furan rings is 1. The molecule has 1 aliphatic heterocycles. The number of hydrogen-bond acceptors (Lipinski definition) is 7. The van der Waals surface area contributed by atoms with E-state index in [0.29, 0.717) is 28.2 Å². The predicted molar refractivity (Wildman–Crippen MR) is 154 cm³/mol. The molecule has 1 saturated heterocycles. The van der Waals surface area contributed by atoms with Gasteiger partial charge in [-0.1, -0.05) is 20.8 Å². The number of rotatable bonds is 5. The zero-order valence-corrected chi connectivity index (χ0v) is 25.1. The van der Waals surface area contributed by atoms with Crippen molar-refractivity contribution in [2.75, 3.05) is 18.0 Å². The summed E-state index contributed by atoms with van der Waals surface area (Å²) in [5.41, 5.74) is 7.86. The number of nitrogen functional groups attached to an aromatic ring is 1. The van der Waals surface area contributed by atoms with E-state index in [1.165, 1.54) is 4.31 Å². The fourth-order valence-electron chi connectivity index (χ4n) is 4.18. The van der Waals surface area contributed by atoms with Crippen molar-refractivity contribution in [1.29, 1.82) is 0 Å². The number of fused-ring (bicyclic) bond motifs is 1. The highest BCUT2D eigenvalue weighted by Gasteiger charge is 2.51. The van der Waals surface area contributed by atoms with E-state index in [2.05, 4.69) is 20.8 Å². The van der Waals surface area contributed by atoms with E-state index < -0.39 is 35.1 Å². The van der Waals surface area contributed by atoms with Crippen LogP contribution >= 0.6 is 11.8 Å². The average Bonchev–Trinajstić information content (AvgIpc) is 3.21. The summed E-state index contributed by atoms with van der Waals surface area (Å²) < 4.78 is 40.8. The van der Waals surface area contributed by atoms with Crippen LogP contribution < -0.4 is 5.73 Å². The van der Waals surface area contributed by atoms with E-state index in [1.807, 2.05) is 45.1 Å². The van der Waals surface area contributed by atoms with Gasteiger partial charge < -0.3 is 14.6 Å². The Hall–Kier alpha value is -2.27. The third-order valence-electron chi connectivity index (χ3n) is 7.41. The Balaban J connectivity index is 1.71. The number of carbonyl (C=O) groups excluding carboxylic acids is 1. The molecule has 1 fully saturated rings. The molecule has 1 aliphatic rings. The lowest BCUT2D eigenvalue weighted by atomic mass is 10.0. The molecule has 0 spiro atoms. The zero-order chi connectivity index (χ0) is 27.4. The molecule has 0 radical (unpaired) electrons. The third-order valence-corrected chi connectivity index (χ3v) is 14.9. The van der Waals surface area contributed by atoms with Crippen molar-refractivity contribution in [2.45, 2.75) is 68.4 Å². The number of hydrogen-bond donors (Lipinski definition) is 1. The van der Waals surface area contributed by atoms with Gasteiger partial charge >= 0.3 is 5.97 Å². The summed E-state index contributed by atoms with van der Waals surface area (Å²) in [4.78, 5) is 13.8. The highest BCUT2D eigenvalue weighted by Crippen LogP contribution is 2.42. The fraction of sp³-hybridized carbons (Fsp3) is 0.444. The van der Waals surface area contributed by atoms with Crippen molar-refractivity contribution in [3.8, 4) is 11.3 Å². The lowest BCUT2D eigenvalue weighted by molar-refractivity contribution is -0.140. The number of benzene rings is 2. The van der Waals surface area contributed by atoms with Gasteiger partial charge in [0, 0.05) is 33.7 Å². The normalized spacial score (nSPS) is 19.2. The number of sulfonamides is 1. The quantitative estimate of drug-likeness (QED) is 0.296. The number of carbonyl (C=O) groups is 1. The second-order valence-corrected chi connectivity index (χ2v) is 19.9. The SMILES string of the molecule is CC1(C)SCCN(S(=O)(=O)c2ccc3oc(-c4ccc(N)cc4)cc3c2)C1C(=O)O[Si](C)(C)C(C)(C)C. The summed E-state index contributed by atoms with van der Waals surface area (Å²) in [5.74, 6) is 0.740. The predicted octanol–water partition coefficient (Wildman–Crippen LogP) is 6.12. The smallest absolute Gasteiger partial charge is 0.312 e. The molecule has 4 rings (SSSR count). The summed E-state index contributed by atoms with van der Waals surface area (Å²) in [5, 5.41) is 0.478. The first-order chi connectivity index (χ1) is 17.0. The maximum Gasteiger partial charge on any atom is 0.312 e. The van der Waals surface area contributed by atoms with Crippen molar-refractivity contribution in [3.05, 3.63) is 48.5 Å². The monoisotopic (exact) mass is 560 g/mol. The molecule has 0 bridgehead atoms. The van der Waals surface area contributed by atoms with Crippen molar-refractivity contribution < 1.29 is 22.1 Å². The molecule has 0 aliphatic carbocycles. The van der Waals surface area contributed by atoms with E-state index in [4.69, 9.17) is 14.6 Å². The molecule has 2 N–H and O–H groups in total. The Morgan fingerprint density at radius 1 is 1.14 bits per heavy atom. The van der Waals surface area contributed by atoms with Crippen LogP contribution in [-0.4, -0.2) is 50.1 Å². The van der Waals surface area contributed by atoms with Gasteiger partial charge in [-0.05, 0) is 80.5 Å². The first-order valence-electron chi connectivity index (χ1n) is 12.3. The molecule has 1 unspecified atom stereocenters. The molecule has 3 aromatic rings. The summed E-state index contributed by atoms with van der Waals surface area (Å²) in [6.07, 6.45) is 0. The standard InChI is InChI=1S/C27H36N2O5S2Si/c1-26(2,3)37(6,7)34-25(30)24-27(4,5)35-15-14-29(24)36(31,32)21-12-13-22-19(16-21)17-23(33-22)18-8-10-20(28)11-9-18/h8-13,16-17,24H,14-15,28H2,1-7H3. The topological polar surface area (TPSA) is 103 Å². The Bertz CT molecular complexity index is 1420. The minimum atomic E-state index is -3.99. The van der Waals surface area contributed by atoms with E-state index in [9.17, 15) is 13.2 Å². The molecule has 2 heterocycles. The van der Waals surface area contributed by atoms with Crippen LogP contribution in [0.1, 0.15) is 34.6 Å². The van der Waals surface area contributed by atoms with Crippen LogP contribution in [0.25, 0.3) is 22.3 Å². The Labute approximate surface area is 224 Å². The van der Waals surface area contributed by atoms with Gasteiger partial charge in [0.25, 0.3) is 8.32 Å². The van der Waals surface area contributed by atoms with Gasteiger partial charge in [-0.25, -0.2) is 8.42 Å². The Morgan fingerprint density at radius 2 is 1.78 bits per heavy atom. The highest BCUT2D eigenvalue weighted by molar-refractivity contribution is 8.01.